The molecule has 0 unspecified atom stereocenters. The molecule has 9 nitrogen and oxygen atoms in total. The molecule has 1 saturated carbocycles. The highest BCUT2D eigenvalue weighted by Gasteiger charge is 2.42. The number of likely N-dealkylation sites (N-methyl/N-ethyl adjacent to an activating group) is 2. The highest BCUT2D eigenvalue weighted by atomic mass is 16.5. The largest absolute Gasteiger partial charge is 0.456 e. The van der Waals surface area contributed by atoms with Crippen LogP contribution in [-0.2, 0) is 29.9 Å². The van der Waals surface area contributed by atoms with Crippen molar-refractivity contribution in [3.63, 3.8) is 0 Å². The van der Waals surface area contributed by atoms with Gasteiger partial charge in [0.2, 0.25) is 17.1 Å². The van der Waals surface area contributed by atoms with E-state index in [9.17, 15) is 9.59 Å². The van der Waals surface area contributed by atoms with Gasteiger partial charge in [0.15, 0.2) is 0 Å². The molecule has 4 aromatic rings. The molecular formula is C67H88N5O4+3. The van der Waals surface area contributed by atoms with Crippen LogP contribution in [0.5, 0.6) is 0 Å². The van der Waals surface area contributed by atoms with Gasteiger partial charge in [-0.25, -0.2) is 9.59 Å². The summed E-state index contributed by atoms with van der Waals surface area (Å²) >= 11 is 0. The lowest BCUT2D eigenvalue weighted by atomic mass is 9.83. The first-order valence-electron chi connectivity index (χ1n) is 27.7. The van der Waals surface area contributed by atoms with Gasteiger partial charge >= 0.3 is 11.9 Å². The van der Waals surface area contributed by atoms with Crippen molar-refractivity contribution in [2.75, 3.05) is 90.5 Å². The van der Waals surface area contributed by atoms with Crippen molar-refractivity contribution < 1.29 is 28.0 Å². The zero-order chi connectivity index (χ0) is 55.0. The Bertz CT molecular complexity index is 2750. The Labute approximate surface area is 456 Å². The van der Waals surface area contributed by atoms with Crippen LogP contribution in [-0.4, -0.2) is 107 Å². The number of hydrogen-bond donors (Lipinski definition) is 0. The van der Waals surface area contributed by atoms with E-state index in [0.717, 1.165) is 98.1 Å². The van der Waals surface area contributed by atoms with Crippen molar-refractivity contribution in [2.45, 2.75) is 105 Å². The van der Waals surface area contributed by atoms with Crippen LogP contribution < -0.4 is 14.4 Å². The second kappa shape index (κ2) is 24.2. The molecule has 2 heterocycles. The molecule has 3 aliphatic rings. The van der Waals surface area contributed by atoms with Crippen LogP contribution in [0.1, 0.15) is 102 Å². The van der Waals surface area contributed by atoms with Gasteiger partial charge in [0.25, 0.3) is 0 Å². The molecule has 0 radical (unpaired) electrons. The van der Waals surface area contributed by atoms with Crippen molar-refractivity contribution in [1.29, 1.82) is 0 Å². The second-order valence-electron chi connectivity index (χ2n) is 23.9. The molecule has 4 aromatic carbocycles. The van der Waals surface area contributed by atoms with E-state index in [2.05, 4.69) is 219 Å². The Morgan fingerprint density at radius 2 is 0.947 bits per heavy atom. The number of nitrogens with zero attached hydrogens (tertiary/aromatic N) is 5. The van der Waals surface area contributed by atoms with Gasteiger partial charge in [0.05, 0.1) is 41.3 Å². The fraction of sp³-hybridized carbons (Fsp3) is 0.418. The average molecular weight is 1030 g/mol. The van der Waals surface area contributed by atoms with Gasteiger partial charge in [0.1, 0.15) is 26.3 Å². The number of hydrogen-bond acceptors (Lipinski definition) is 6. The van der Waals surface area contributed by atoms with E-state index in [4.69, 9.17) is 9.47 Å². The molecule has 0 bridgehead atoms. The fourth-order valence-corrected chi connectivity index (χ4v) is 11.2. The maximum atomic E-state index is 12.1. The summed E-state index contributed by atoms with van der Waals surface area (Å²) in [5.74, 6) is -0.642. The average Bonchev–Trinajstić information content (AvgIpc) is 3.99. The molecule has 0 atom stereocenters. The number of carbonyl (C=O) groups excluding carboxylic acids is 2. The number of anilines is 2. The lowest BCUT2D eigenvalue weighted by molar-refractivity contribution is -0.890. The first kappa shape index (κ1) is 57.2. The molecule has 0 amide bonds. The third-order valence-electron chi connectivity index (χ3n) is 15.9. The van der Waals surface area contributed by atoms with Crippen molar-refractivity contribution in [2.24, 2.45) is 0 Å². The summed E-state index contributed by atoms with van der Waals surface area (Å²) in [6.07, 6.45) is 15.7. The van der Waals surface area contributed by atoms with Crippen molar-refractivity contribution >= 4 is 40.4 Å². The normalized spacial score (nSPS) is 17.9. The zero-order valence-corrected chi connectivity index (χ0v) is 48.2. The van der Waals surface area contributed by atoms with Crippen LogP contribution >= 0.6 is 0 Å². The topological polar surface area (TPSA) is 62.1 Å². The number of esters is 2. The third-order valence-corrected chi connectivity index (χ3v) is 15.9. The molecule has 0 saturated heterocycles. The fourth-order valence-electron chi connectivity index (χ4n) is 11.2. The first-order valence-corrected chi connectivity index (χ1v) is 27.7. The second-order valence-corrected chi connectivity index (χ2v) is 23.9. The Balaban J connectivity index is 1.24. The van der Waals surface area contributed by atoms with Crippen molar-refractivity contribution in [1.82, 2.24) is 4.58 Å². The molecule has 0 N–H and O–H groups in total. The van der Waals surface area contributed by atoms with Crippen LogP contribution in [0.25, 0.3) is 0 Å². The van der Waals surface area contributed by atoms with E-state index >= 15 is 0 Å². The molecule has 0 spiro atoms. The third kappa shape index (κ3) is 13.5. The predicted octanol–water partition coefficient (Wildman–Crippen LogP) is 13.5. The van der Waals surface area contributed by atoms with Crippen LogP contribution in [0, 0.1) is 13.8 Å². The highest BCUT2D eigenvalue weighted by molar-refractivity contribution is 6.17. The number of carbonyl (C=O) groups is 2. The number of unbranched alkanes of at least 4 members (excludes halogenated alkanes) is 2. The molecule has 2 aliphatic heterocycles. The number of allylic oxidation sites excluding steroid dienone is 8. The predicted molar refractivity (Wildman–Crippen MR) is 318 cm³/mol. The van der Waals surface area contributed by atoms with Crippen LogP contribution in [0.2, 0.25) is 0 Å². The van der Waals surface area contributed by atoms with Gasteiger partial charge in [-0.3, -0.25) is 0 Å². The van der Waals surface area contributed by atoms with Crippen LogP contribution in [0.4, 0.5) is 22.7 Å². The number of para-hydroxylation sites is 2. The number of fused-ring (bicyclic) bond motifs is 2. The van der Waals surface area contributed by atoms with Crippen LogP contribution in [0.15, 0.2) is 168 Å². The molecule has 1 fully saturated rings. The van der Waals surface area contributed by atoms with E-state index < -0.39 is 0 Å². The number of ether oxygens (including phenoxy) is 2. The van der Waals surface area contributed by atoms with Crippen LogP contribution in [0.3, 0.4) is 0 Å². The zero-order valence-electron chi connectivity index (χ0n) is 48.2. The molecule has 7 rings (SSSR count). The lowest BCUT2D eigenvalue weighted by Crippen LogP contribution is -2.43. The minimum Gasteiger partial charge on any atom is -0.456 e. The lowest BCUT2D eigenvalue weighted by Gasteiger charge is -2.30. The quantitative estimate of drug-likeness (QED) is 0.0257. The van der Waals surface area contributed by atoms with E-state index in [1.54, 1.807) is 13.8 Å². The summed E-state index contributed by atoms with van der Waals surface area (Å²) < 4.78 is 15.0. The van der Waals surface area contributed by atoms with Crippen molar-refractivity contribution in [3.8, 4) is 0 Å². The Morgan fingerprint density at radius 3 is 1.32 bits per heavy atom. The number of aryl methyl sites for hydroxylation is 2. The molecule has 402 valence electrons. The van der Waals surface area contributed by atoms with Gasteiger partial charge < -0.3 is 28.2 Å². The smallest absolute Gasteiger partial charge is 0.333 e. The van der Waals surface area contributed by atoms with Crippen molar-refractivity contribution in [3.05, 3.63) is 190 Å². The summed E-state index contributed by atoms with van der Waals surface area (Å²) in [6, 6.07) is 35.6. The molecule has 1 aliphatic carbocycles. The summed E-state index contributed by atoms with van der Waals surface area (Å²) in [5.41, 5.74) is 17.1. The minimum absolute atomic E-state index is 0.208. The van der Waals surface area contributed by atoms with Gasteiger partial charge in [-0.2, -0.15) is 4.58 Å². The van der Waals surface area contributed by atoms with Gasteiger partial charge in [-0.15, -0.1) is 0 Å². The molecule has 9 heteroatoms. The summed E-state index contributed by atoms with van der Waals surface area (Å²) in [6.45, 7) is 30.9. The highest BCUT2D eigenvalue weighted by Crippen LogP contribution is 2.50. The monoisotopic (exact) mass is 1030 g/mol. The SMILES string of the molecule is C=C(C)C(=O)OCC[N+](C)(C)CCCCN1C(=CC=C2CCC(=CC=C3N(CCCC[N+](C)(C)CCOC(=O)C(=C)C)c4ccc(C)cc4C3(C)C)C2=[N+](c2ccccc2)c2ccccc2)C(C)(C)c2cc(C)ccc21. The van der Waals surface area contributed by atoms with E-state index in [1.165, 1.54) is 61.9 Å². The van der Waals surface area contributed by atoms with E-state index in [1.807, 2.05) is 0 Å². The molecular weight excluding hydrogens is 939 g/mol. The first-order chi connectivity index (χ1) is 36.0. The van der Waals surface area contributed by atoms with E-state index in [-0.39, 0.29) is 22.8 Å². The molecule has 0 aromatic heterocycles. The Kier molecular flexibility index (Phi) is 18.2. The number of rotatable bonds is 22. The molecule has 76 heavy (non-hydrogen) atoms. The maximum absolute atomic E-state index is 12.1. The van der Waals surface area contributed by atoms with Gasteiger partial charge in [0, 0.05) is 93.2 Å². The van der Waals surface area contributed by atoms with Gasteiger partial charge in [-0.05, 0) is 102 Å². The Morgan fingerprint density at radius 1 is 0.566 bits per heavy atom. The summed E-state index contributed by atoms with van der Waals surface area (Å²) in [7, 11) is 8.88. The summed E-state index contributed by atoms with van der Waals surface area (Å²) in [5, 5.41) is 0. The van der Waals surface area contributed by atoms with Gasteiger partial charge in [-0.1, -0.05) is 125 Å². The standard InChI is InChI=1S/C67H88N5O4/c1-49(2)64(73)75-45-43-71(11,12)41-23-21-39-68-59-35-29-51(5)47-57(59)66(7,8)61(68)37-33-53-31-32-54(63(53)70(55-25-17-15-18-26-55)56-27-19-16-20-28-56)34-38-62-67(9,10)58-48-52(6)30-36-60(58)69(62)40-22-24-42-72(13,14)44-46-76-65(74)50(3)4/h15-20,25-30,33-38,47-48H,1,3,21-24,31-32,39-46H2,2,4-14H3/q+3. The van der Waals surface area contributed by atoms with E-state index in [0.29, 0.717) is 24.4 Å². The number of benzene rings is 4. The minimum atomic E-state index is -0.321. The Hall–Kier alpha value is -6.55. The maximum Gasteiger partial charge on any atom is 0.333 e. The summed E-state index contributed by atoms with van der Waals surface area (Å²) in [4.78, 5) is 29.3. The number of quaternary nitrogens is 2.